The SMILES string of the molecule is Nc1cc(Cl)c(Nc2cncc(Br)c2)c(Cl)c1. The minimum absolute atomic E-state index is 0.468. The van der Waals surface area contributed by atoms with E-state index in [1.165, 1.54) is 0 Å². The summed E-state index contributed by atoms with van der Waals surface area (Å²) in [6.45, 7) is 0. The first kappa shape index (κ1) is 12.5. The van der Waals surface area contributed by atoms with E-state index in [9.17, 15) is 0 Å². The van der Waals surface area contributed by atoms with Crippen LogP contribution < -0.4 is 11.1 Å². The van der Waals surface area contributed by atoms with Crippen LogP contribution in [-0.4, -0.2) is 4.98 Å². The fraction of sp³-hybridized carbons (Fsp3) is 0. The molecule has 0 saturated heterocycles. The van der Waals surface area contributed by atoms with E-state index in [1.807, 2.05) is 6.07 Å². The molecule has 0 aliphatic rings. The maximum absolute atomic E-state index is 6.07. The van der Waals surface area contributed by atoms with Crippen molar-refractivity contribution in [2.24, 2.45) is 0 Å². The van der Waals surface area contributed by atoms with Crippen LogP contribution in [0.1, 0.15) is 0 Å². The lowest BCUT2D eigenvalue weighted by Gasteiger charge is -2.11. The number of hydrogen-bond donors (Lipinski definition) is 2. The van der Waals surface area contributed by atoms with Gasteiger partial charge in [0.15, 0.2) is 0 Å². The Morgan fingerprint density at radius 1 is 1.12 bits per heavy atom. The van der Waals surface area contributed by atoms with Crippen molar-refractivity contribution in [1.82, 2.24) is 4.98 Å². The summed E-state index contributed by atoms with van der Waals surface area (Å²) in [6.07, 6.45) is 3.37. The van der Waals surface area contributed by atoms with Gasteiger partial charge in [-0.3, -0.25) is 4.98 Å². The molecule has 3 N–H and O–H groups in total. The lowest BCUT2D eigenvalue weighted by atomic mass is 10.2. The number of nitrogens with two attached hydrogens (primary N) is 1. The molecule has 0 aliphatic carbocycles. The summed E-state index contributed by atoms with van der Waals surface area (Å²) in [4.78, 5) is 4.04. The van der Waals surface area contributed by atoms with Crippen molar-refractivity contribution >= 4 is 56.2 Å². The number of halogens is 3. The van der Waals surface area contributed by atoms with Gasteiger partial charge in [0, 0.05) is 16.4 Å². The first-order valence-corrected chi connectivity index (χ1v) is 6.23. The number of rotatable bonds is 2. The molecule has 0 fully saturated rings. The summed E-state index contributed by atoms with van der Waals surface area (Å²) in [5, 5.41) is 4.03. The normalized spacial score (nSPS) is 10.3. The minimum Gasteiger partial charge on any atom is -0.399 e. The van der Waals surface area contributed by atoms with E-state index in [1.54, 1.807) is 24.5 Å². The predicted molar refractivity (Wildman–Crippen MR) is 76.1 cm³/mol. The van der Waals surface area contributed by atoms with Crippen LogP contribution in [0.5, 0.6) is 0 Å². The number of pyridine rings is 1. The van der Waals surface area contributed by atoms with Crippen molar-refractivity contribution in [3.8, 4) is 0 Å². The van der Waals surface area contributed by atoms with Gasteiger partial charge >= 0.3 is 0 Å². The molecule has 6 heteroatoms. The number of aromatic nitrogens is 1. The maximum atomic E-state index is 6.07. The predicted octanol–water partition coefficient (Wildman–Crippen LogP) is 4.48. The third-order valence-corrected chi connectivity index (χ3v) is 3.07. The summed E-state index contributed by atoms with van der Waals surface area (Å²) in [7, 11) is 0. The zero-order chi connectivity index (χ0) is 12.4. The number of nitrogens with one attached hydrogen (secondary N) is 1. The Balaban J connectivity index is 2.36. The average Bonchev–Trinajstić information content (AvgIpc) is 2.23. The largest absolute Gasteiger partial charge is 0.399 e. The Bertz CT molecular complexity index is 537. The molecule has 1 heterocycles. The van der Waals surface area contributed by atoms with Crippen molar-refractivity contribution in [1.29, 1.82) is 0 Å². The summed E-state index contributed by atoms with van der Waals surface area (Å²) in [6, 6.07) is 5.15. The monoisotopic (exact) mass is 331 g/mol. The number of nitrogens with zero attached hydrogens (tertiary/aromatic N) is 1. The van der Waals surface area contributed by atoms with E-state index in [0.717, 1.165) is 10.2 Å². The maximum Gasteiger partial charge on any atom is 0.0764 e. The Labute approximate surface area is 117 Å². The highest BCUT2D eigenvalue weighted by Crippen LogP contribution is 2.35. The fourth-order valence-electron chi connectivity index (χ4n) is 1.34. The molecule has 1 aromatic carbocycles. The first-order valence-electron chi connectivity index (χ1n) is 4.68. The minimum atomic E-state index is 0.468. The summed E-state index contributed by atoms with van der Waals surface area (Å²) >= 11 is 15.5. The van der Waals surface area contributed by atoms with Crippen molar-refractivity contribution in [2.75, 3.05) is 11.1 Å². The number of nitrogen functional groups attached to an aromatic ring is 1. The van der Waals surface area contributed by atoms with E-state index in [4.69, 9.17) is 28.9 Å². The third-order valence-electron chi connectivity index (χ3n) is 2.04. The van der Waals surface area contributed by atoms with Crippen molar-refractivity contribution < 1.29 is 0 Å². The molecule has 0 unspecified atom stereocenters. The highest BCUT2D eigenvalue weighted by atomic mass is 79.9. The van der Waals surface area contributed by atoms with Gasteiger partial charge in [-0.25, -0.2) is 0 Å². The van der Waals surface area contributed by atoms with Crippen LogP contribution in [0.25, 0.3) is 0 Å². The van der Waals surface area contributed by atoms with Gasteiger partial charge < -0.3 is 11.1 Å². The van der Waals surface area contributed by atoms with Gasteiger partial charge in [0.2, 0.25) is 0 Å². The molecule has 2 rings (SSSR count). The smallest absolute Gasteiger partial charge is 0.0764 e. The van der Waals surface area contributed by atoms with E-state index in [2.05, 4.69) is 26.2 Å². The molecule has 0 amide bonds. The second kappa shape index (κ2) is 5.12. The molecular formula is C11H8BrCl2N3. The molecule has 0 aliphatic heterocycles. The van der Waals surface area contributed by atoms with Gasteiger partial charge in [-0.05, 0) is 34.1 Å². The van der Waals surface area contributed by atoms with Crippen molar-refractivity contribution in [3.63, 3.8) is 0 Å². The molecule has 0 atom stereocenters. The van der Waals surface area contributed by atoms with E-state index >= 15 is 0 Å². The molecule has 0 radical (unpaired) electrons. The van der Waals surface area contributed by atoms with Gasteiger partial charge in [0.05, 0.1) is 27.6 Å². The highest BCUT2D eigenvalue weighted by molar-refractivity contribution is 9.10. The zero-order valence-electron chi connectivity index (χ0n) is 8.55. The third kappa shape index (κ3) is 3.03. The van der Waals surface area contributed by atoms with Crippen LogP contribution in [0.4, 0.5) is 17.1 Å². The molecule has 1 aromatic heterocycles. The fourth-order valence-corrected chi connectivity index (χ4v) is 2.30. The summed E-state index contributed by atoms with van der Waals surface area (Å²) < 4.78 is 0.866. The molecule has 0 bridgehead atoms. The lowest BCUT2D eigenvalue weighted by molar-refractivity contribution is 1.30. The number of hydrogen-bond acceptors (Lipinski definition) is 3. The second-order valence-corrected chi connectivity index (χ2v) is 5.11. The van der Waals surface area contributed by atoms with E-state index < -0.39 is 0 Å². The summed E-state index contributed by atoms with van der Waals surface area (Å²) in [5.41, 5.74) is 7.55. The first-order chi connectivity index (χ1) is 8.06. The molecule has 17 heavy (non-hydrogen) atoms. The van der Waals surface area contributed by atoms with Crippen LogP contribution in [-0.2, 0) is 0 Å². The van der Waals surface area contributed by atoms with Gasteiger partial charge in [-0.1, -0.05) is 23.2 Å². The Morgan fingerprint density at radius 3 is 2.35 bits per heavy atom. The lowest BCUT2D eigenvalue weighted by Crippen LogP contribution is -1.95. The second-order valence-electron chi connectivity index (χ2n) is 3.38. The Hall–Kier alpha value is -0.970. The molecule has 2 aromatic rings. The molecule has 0 spiro atoms. The van der Waals surface area contributed by atoms with Crippen LogP contribution in [0.3, 0.4) is 0 Å². The van der Waals surface area contributed by atoms with Crippen molar-refractivity contribution in [2.45, 2.75) is 0 Å². The van der Waals surface area contributed by atoms with Gasteiger partial charge in [0.25, 0.3) is 0 Å². The standard InChI is InChI=1S/C11H8BrCl2N3/c12-6-1-8(5-16-4-6)17-11-9(13)2-7(15)3-10(11)14/h1-5,17H,15H2. The molecule has 0 saturated carbocycles. The zero-order valence-corrected chi connectivity index (χ0v) is 11.6. The van der Waals surface area contributed by atoms with Gasteiger partial charge in [-0.15, -0.1) is 0 Å². The van der Waals surface area contributed by atoms with Gasteiger partial charge in [-0.2, -0.15) is 0 Å². The van der Waals surface area contributed by atoms with Crippen LogP contribution in [0.15, 0.2) is 35.1 Å². The number of benzene rings is 1. The van der Waals surface area contributed by atoms with Crippen LogP contribution in [0.2, 0.25) is 10.0 Å². The average molecular weight is 333 g/mol. The van der Waals surface area contributed by atoms with E-state index in [-0.39, 0.29) is 0 Å². The molecule has 88 valence electrons. The quantitative estimate of drug-likeness (QED) is 0.797. The highest BCUT2D eigenvalue weighted by Gasteiger charge is 2.07. The summed E-state index contributed by atoms with van der Waals surface area (Å²) in [5.74, 6) is 0. The molecular weight excluding hydrogens is 325 g/mol. The van der Waals surface area contributed by atoms with Crippen LogP contribution >= 0.6 is 39.1 Å². The van der Waals surface area contributed by atoms with Crippen molar-refractivity contribution in [3.05, 3.63) is 45.1 Å². The van der Waals surface area contributed by atoms with E-state index in [0.29, 0.717) is 21.4 Å². The van der Waals surface area contributed by atoms with Gasteiger partial charge in [0.1, 0.15) is 0 Å². The Kier molecular flexibility index (Phi) is 3.76. The number of anilines is 3. The molecule has 3 nitrogen and oxygen atoms in total. The van der Waals surface area contributed by atoms with Crippen LogP contribution in [0, 0.1) is 0 Å². The Morgan fingerprint density at radius 2 is 1.76 bits per heavy atom. The topological polar surface area (TPSA) is 50.9 Å².